The summed E-state index contributed by atoms with van der Waals surface area (Å²) in [5.41, 5.74) is 1.81. The molecule has 24 heavy (non-hydrogen) atoms. The van der Waals surface area contributed by atoms with E-state index < -0.39 is 0 Å². The summed E-state index contributed by atoms with van der Waals surface area (Å²) >= 11 is 0. The van der Waals surface area contributed by atoms with Crippen LogP contribution in [-0.2, 0) is 0 Å². The zero-order chi connectivity index (χ0) is 17.4. The molecule has 0 atom stereocenters. The Morgan fingerprint density at radius 2 is 1.71 bits per heavy atom. The number of rotatable bonds is 8. The Morgan fingerprint density at radius 1 is 1.00 bits per heavy atom. The summed E-state index contributed by atoms with van der Waals surface area (Å²) in [6.45, 7) is 5.01. The Hall–Kier alpha value is -2.69. The van der Waals surface area contributed by atoms with Crippen LogP contribution in [0.2, 0.25) is 0 Å². The monoisotopic (exact) mass is 329 g/mol. The number of ether oxygens (including phenoxy) is 3. The third-order valence-corrected chi connectivity index (χ3v) is 3.55. The van der Waals surface area contributed by atoms with Crippen molar-refractivity contribution in [3.63, 3.8) is 0 Å². The highest BCUT2D eigenvalue weighted by molar-refractivity contribution is 5.84. The van der Waals surface area contributed by atoms with Crippen LogP contribution in [0.3, 0.4) is 0 Å². The molecule has 0 spiro atoms. The maximum absolute atomic E-state index is 8.76. The molecule has 5 nitrogen and oxygen atoms in total. The van der Waals surface area contributed by atoms with Gasteiger partial charge in [0.15, 0.2) is 11.5 Å². The van der Waals surface area contributed by atoms with Crippen LogP contribution in [-0.4, -0.2) is 31.7 Å². The van der Waals surface area contributed by atoms with E-state index in [2.05, 4.69) is 25.1 Å². The van der Waals surface area contributed by atoms with Gasteiger partial charge in [0.05, 0.1) is 13.3 Å². The second-order valence-electron chi connectivity index (χ2n) is 5.51. The quantitative estimate of drug-likeness (QED) is 0.343. The molecule has 0 aliphatic carbocycles. The first-order valence-electron chi connectivity index (χ1n) is 7.86. The zero-order valence-corrected chi connectivity index (χ0v) is 14.2. The second kappa shape index (κ2) is 8.82. The maximum Gasteiger partial charge on any atom is 0.170 e. The van der Waals surface area contributed by atoms with E-state index in [1.165, 1.54) is 11.8 Å². The number of hydrogen-bond acceptors (Lipinski definition) is 5. The van der Waals surface area contributed by atoms with E-state index in [1.54, 1.807) is 25.3 Å². The van der Waals surface area contributed by atoms with Crippen molar-refractivity contribution in [2.24, 2.45) is 5.16 Å². The van der Waals surface area contributed by atoms with Crippen LogP contribution in [0.15, 0.2) is 47.6 Å². The van der Waals surface area contributed by atoms with Crippen molar-refractivity contribution in [1.29, 1.82) is 0 Å². The normalized spacial score (nSPS) is 11.0. The fourth-order valence-corrected chi connectivity index (χ4v) is 2.40. The van der Waals surface area contributed by atoms with Crippen LogP contribution >= 0.6 is 0 Å². The van der Waals surface area contributed by atoms with Crippen LogP contribution < -0.4 is 14.2 Å². The van der Waals surface area contributed by atoms with E-state index >= 15 is 0 Å². The van der Waals surface area contributed by atoms with E-state index in [0.29, 0.717) is 36.2 Å². The van der Waals surface area contributed by atoms with Gasteiger partial charge in [0.1, 0.15) is 19.0 Å². The van der Waals surface area contributed by atoms with Gasteiger partial charge in [0.2, 0.25) is 0 Å². The van der Waals surface area contributed by atoms with Crippen molar-refractivity contribution in [2.45, 2.75) is 19.8 Å². The molecule has 2 aromatic rings. The number of para-hydroxylation sites is 2. The summed E-state index contributed by atoms with van der Waals surface area (Å²) in [5, 5.41) is 11.8. The second-order valence-corrected chi connectivity index (χ2v) is 5.51. The summed E-state index contributed by atoms with van der Waals surface area (Å²) in [5.74, 6) is 2.37. The van der Waals surface area contributed by atoms with Crippen LogP contribution in [0.4, 0.5) is 0 Å². The molecule has 0 aromatic heterocycles. The van der Waals surface area contributed by atoms with Gasteiger partial charge >= 0.3 is 0 Å². The van der Waals surface area contributed by atoms with Crippen LogP contribution in [0.25, 0.3) is 0 Å². The maximum atomic E-state index is 8.76. The largest absolute Gasteiger partial charge is 0.493 e. The molecule has 0 aliphatic rings. The number of hydrogen-bond donors (Lipinski definition) is 1. The Balaban J connectivity index is 2.00. The fraction of sp³-hybridized carbons (Fsp3) is 0.316. The molecule has 0 heterocycles. The average molecular weight is 329 g/mol. The van der Waals surface area contributed by atoms with E-state index in [0.717, 1.165) is 5.75 Å². The molecule has 1 N–H and O–H groups in total. The van der Waals surface area contributed by atoms with E-state index in [4.69, 9.17) is 19.4 Å². The molecular weight excluding hydrogens is 306 g/mol. The first kappa shape index (κ1) is 17.7. The lowest BCUT2D eigenvalue weighted by Gasteiger charge is -2.15. The van der Waals surface area contributed by atoms with Crippen molar-refractivity contribution >= 4 is 6.21 Å². The summed E-state index contributed by atoms with van der Waals surface area (Å²) in [7, 11) is 1.57. The lowest BCUT2D eigenvalue weighted by molar-refractivity contribution is 0.209. The van der Waals surface area contributed by atoms with Gasteiger partial charge in [-0.1, -0.05) is 43.3 Å². The first-order valence-corrected chi connectivity index (χ1v) is 7.86. The Labute approximate surface area is 142 Å². The van der Waals surface area contributed by atoms with Gasteiger partial charge < -0.3 is 19.4 Å². The smallest absolute Gasteiger partial charge is 0.170 e. The van der Waals surface area contributed by atoms with Crippen molar-refractivity contribution in [2.75, 3.05) is 20.3 Å². The fourth-order valence-electron chi connectivity index (χ4n) is 2.40. The van der Waals surface area contributed by atoms with E-state index in [9.17, 15) is 0 Å². The van der Waals surface area contributed by atoms with Crippen LogP contribution in [0, 0.1) is 0 Å². The number of oxime groups is 1. The predicted octanol–water partition coefficient (Wildman–Crippen LogP) is 4.08. The summed E-state index contributed by atoms with van der Waals surface area (Å²) < 4.78 is 16.9. The van der Waals surface area contributed by atoms with Gasteiger partial charge in [-0.15, -0.1) is 0 Å². The lowest BCUT2D eigenvalue weighted by Crippen LogP contribution is -2.11. The SMILES string of the molecule is COc1cccc(C=NO)c1OCCOc1ccccc1C(C)C. The van der Waals surface area contributed by atoms with Gasteiger partial charge in [-0.3, -0.25) is 0 Å². The highest BCUT2D eigenvalue weighted by Gasteiger charge is 2.10. The minimum absolute atomic E-state index is 0.346. The standard InChI is InChI=1S/C19H23NO4/c1-14(2)16-8-4-5-9-17(16)23-11-12-24-19-15(13-20-21)7-6-10-18(19)22-3/h4-10,13-14,21H,11-12H2,1-3H3. The molecule has 128 valence electrons. The minimum atomic E-state index is 0.346. The van der Waals surface area contributed by atoms with E-state index in [1.807, 2.05) is 18.2 Å². The Kier molecular flexibility index (Phi) is 6.49. The lowest BCUT2D eigenvalue weighted by atomic mass is 10.0. The van der Waals surface area contributed by atoms with Gasteiger partial charge in [-0.2, -0.15) is 0 Å². The molecule has 2 aromatic carbocycles. The van der Waals surface area contributed by atoms with Crippen molar-refractivity contribution in [3.8, 4) is 17.2 Å². The molecule has 0 radical (unpaired) electrons. The number of methoxy groups -OCH3 is 1. The highest BCUT2D eigenvalue weighted by atomic mass is 16.5. The molecule has 0 saturated carbocycles. The predicted molar refractivity (Wildman–Crippen MR) is 93.9 cm³/mol. The zero-order valence-electron chi connectivity index (χ0n) is 14.2. The van der Waals surface area contributed by atoms with Gasteiger partial charge in [-0.05, 0) is 29.7 Å². The van der Waals surface area contributed by atoms with Crippen LogP contribution in [0.5, 0.6) is 17.2 Å². The molecule has 5 heteroatoms. The van der Waals surface area contributed by atoms with E-state index in [-0.39, 0.29) is 0 Å². The number of nitrogens with zero attached hydrogens (tertiary/aromatic N) is 1. The molecule has 0 aliphatic heterocycles. The molecule has 0 saturated heterocycles. The highest BCUT2D eigenvalue weighted by Crippen LogP contribution is 2.30. The minimum Gasteiger partial charge on any atom is -0.493 e. The molecule has 0 bridgehead atoms. The number of benzene rings is 2. The first-order chi connectivity index (χ1) is 11.7. The van der Waals surface area contributed by atoms with Gasteiger partial charge in [-0.25, -0.2) is 0 Å². The topological polar surface area (TPSA) is 60.3 Å². The summed E-state index contributed by atoms with van der Waals surface area (Å²) in [4.78, 5) is 0. The van der Waals surface area contributed by atoms with Crippen LogP contribution in [0.1, 0.15) is 30.9 Å². The third-order valence-electron chi connectivity index (χ3n) is 3.55. The third kappa shape index (κ3) is 4.41. The summed E-state index contributed by atoms with van der Waals surface area (Å²) in [6.07, 6.45) is 1.31. The molecule has 0 unspecified atom stereocenters. The Bertz CT molecular complexity index is 683. The summed E-state index contributed by atoms with van der Waals surface area (Å²) in [6, 6.07) is 13.4. The molecule has 0 fully saturated rings. The van der Waals surface area contributed by atoms with Crippen molar-refractivity contribution in [3.05, 3.63) is 53.6 Å². The molecular formula is C19H23NO4. The van der Waals surface area contributed by atoms with Gasteiger partial charge in [0, 0.05) is 5.56 Å². The Morgan fingerprint density at radius 3 is 2.42 bits per heavy atom. The van der Waals surface area contributed by atoms with Gasteiger partial charge in [0.25, 0.3) is 0 Å². The average Bonchev–Trinajstić information content (AvgIpc) is 2.60. The molecule has 2 rings (SSSR count). The van der Waals surface area contributed by atoms with Crippen molar-refractivity contribution in [1.82, 2.24) is 0 Å². The molecule has 0 amide bonds. The van der Waals surface area contributed by atoms with Crippen molar-refractivity contribution < 1.29 is 19.4 Å².